The minimum Gasteiger partial charge on any atom is -0.478 e. The second-order valence-electron chi connectivity index (χ2n) is 4.35. The fourth-order valence-corrected chi connectivity index (χ4v) is 1.84. The van der Waals surface area contributed by atoms with Gasteiger partial charge in [0, 0.05) is 12.1 Å². The summed E-state index contributed by atoms with van der Waals surface area (Å²) in [5.74, 6) is -0.715. The largest absolute Gasteiger partial charge is 0.478 e. The Balaban J connectivity index is 2.38. The summed E-state index contributed by atoms with van der Waals surface area (Å²) in [6.45, 7) is 1.99. The van der Waals surface area contributed by atoms with Gasteiger partial charge in [0.15, 0.2) is 0 Å². The highest BCUT2D eigenvalue weighted by atomic mass is 16.6. The number of nitro groups is 1. The predicted molar refractivity (Wildman–Crippen MR) is 75.9 cm³/mol. The van der Waals surface area contributed by atoms with E-state index in [9.17, 15) is 14.9 Å². The number of carboxylic acid groups (broad SMARTS) is 1. The van der Waals surface area contributed by atoms with E-state index in [-0.39, 0.29) is 17.0 Å². The van der Waals surface area contributed by atoms with Gasteiger partial charge in [0.2, 0.25) is 0 Å². The SMILES string of the molecule is CCc1cccc(Oc2ccc([N+](=O)[O-])cc2C(=O)O)c1. The molecule has 0 saturated carbocycles. The van der Waals surface area contributed by atoms with E-state index in [4.69, 9.17) is 9.84 Å². The van der Waals surface area contributed by atoms with Crippen LogP contribution in [0.2, 0.25) is 0 Å². The maximum atomic E-state index is 11.2. The van der Waals surface area contributed by atoms with Gasteiger partial charge in [0.05, 0.1) is 4.92 Å². The molecule has 0 aliphatic heterocycles. The smallest absolute Gasteiger partial charge is 0.339 e. The molecule has 6 nitrogen and oxygen atoms in total. The summed E-state index contributed by atoms with van der Waals surface area (Å²) in [5, 5.41) is 19.8. The maximum absolute atomic E-state index is 11.2. The quantitative estimate of drug-likeness (QED) is 0.669. The van der Waals surface area contributed by atoms with Crippen LogP contribution in [0.3, 0.4) is 0 Å². The lowest BCUT2D eigenvalue weighted by Crippen LogP contribution is -2.01. The third-order valence-corrected chi connectivity index (χ3v) is 2.94. The van der Waals surface area contributed by atoms with E-state index in [0.29, 0.717) is 5.75 Å². The van der Waals surface area contributed by atoms with Crippen molar-refractivity contribution in [2.45, 2.75) is 13.3 Å². The van der Waals surface area contributed by atoms with Crippen molar-refractivity contribution in [1.29, 1.82) is 0 Å². The lowest BCUT2D eigenvalue weighted by atomic mass is 10.1. The number of carboxylic acids is 1. The molecule has 2 aromatic carbocycles. The maximum Gasteiger partial charge on any atom is 0.339 e. The average molecular weight is 287 g/mol. The number of rotatable bonds is 5. The van der Waals surface area contributed by atoms with Crippen LogP contribution in [0.1, 0.15) is 22.8 Å². The second kappa shape index (κ2) is 6.04. The Kier molecular flexibility index (Phi) is 4.18. The van der Waals surface area contributed by atoms with Crippen molar-refractivity contribution < 1.29 is 19.6 Å². The zero-order valence-corrected chi connectivity index (χ0v) is 11.3. The molecule has 1 N–H and O–H groups in total. The van der Waals surface area contributed by atoms with E-state index >= 15 is 0 Å². The molecule has 0 amide bonds. The van der Waals surface area contributed by atoms with E-state index in [1.54, 1.807) is 18.2 Å². The number of aromatic carboxylic acids is 1. The molecule has 0 fully saturated rings. The molecule has 2 rings (SSSR count). The van der Waals surface area contributed by atoms with Gasteiger partial charge < -0.3 is 9.84 Å². The van der Waals surface area contributed by atoms with Gasteiger partial charge >= 0.3 is 5.97 Å². The van der Waals surface area contributed by atoms with Crippen molar-refractivity contribution in [3.63, 3.8) is 0 Å². The lowest BCUT2D eigenvalue weighted by Gasteiger charge is -2.09. The number of benzene rings is 2. The Labute approximate surface area is 120 Å². The molecule has 0 spiro atoms. The fraction of sp³-hybridized carbons (Fsp3) is 0.133. The number of aryl methyl sites for hydroxylation is 1. The molecule has 2 aromatic rings. The summed E-state index contributed by atoms with van der Waals surface area (Å²) in [6.07, 6.45) is 0.823. The van der Waals surface area contributed by atoms with Crippen LogP contribution in [0.4, 0.5) is 5.69 Å². The van der Waals surface area contributed by atoms with Gasteiger partial charge in [-0.15, -0.1) is 0 Å². The number of hydrogen-bond donors (Lipinski definition) is 1. The molecule has 0 aliphatic rings. The first-order valence-electron chi connectivity index (χ1n) is 6.29. The average Bonchev–Trinajstić information content (AvgIpc) is 2.47. The normalized spacial score (nSPS) is 10.1. The van der Waals surface area contributed by atoms with Crippen LogP contribution < -0.4 is 4.74 Å². The fourth-order valence-electron chi connectivity index (χ4n) is 1.84. The topological polar surface area (TPSA) is 89.7 Å². The van der Waals surface area contributed by atoms with Gasteiger partial charge in [0.1, 0.15) is 17.1 Å². The Morgan fingerprint density at radius 1 is 1.29 bits per heavy atom. The predicted octanol–water partition coefficient (Wildman–Crippen LogP) is 3.65. The summed E-state index contributed by atoms with van der Waals surface area (Å²) < 4.78 is 5.54. The zero-order chi connectivity index (χ0) is 15.4. The van der Waals surface area contributed by atoms with Gasteiger partial charge in [-0.25, -0.2) is 4.79 Å². The Morgan fingerprint density at radius 2 is 2.05 bits per heavy atom. The van der Waals surface area contributed by atoms with Crippen LogP contribution in [0.15, 0.2) is 42.5 Å². The van der Waals surface area contributed by atoms with Gasteiger partial charge in [-0.1, -0.05) is 19.1 Å². The molecule has 108 valence electrons. The van der Waals surface area contributed by atoms with E-state index in [2.05, 4.69) is 0 Å². The summed E-state index contributed by atoms with van der Waals surface area (Å²) in [6, 6.07) is 10.7. The molecule has 6 heteroatoms. The van der Waals surface area contributed by atoms with Crippen LogP contribution in [-0.2, 0) is 6.42 Å². The van der Waals surface area contributed by atoms with E-state index < -0.39 is 10.9 Å². The number of nitro benzene ring substituents is 1. The van der Waals surface area contributed by atoms with Crippen molar-refractivity contribution in [2.24, 2.45) is 0 Å². The third-order valence-electron chi connectivity index (χ3n) is 2.94. The Bertz CT molecular complexity index is 696. The molecule has 0 aliphatic carbocycles. The van der Waals surface area contributed by atoms with Crippen LogP contribution in [0.25, 0.3) is 0 Å². The van der Waals surface area contributed by atoms with Gasteiger partial charge in [-0.05, 0) is 30.2 Å². The van der Waals surface area contributed by atoms with E-state index in [1.807, 2.05) is 13.0 Å². The van der Waals surface area contributed by atoms with E-state index in [1.165, 1.54) is 12.1 Å². The Morgan fingerprint density at radius 3 is 2.67 bits per heavy atom. The summed E-state index contributed by atoms with van der Waals surface area (Å²) in [4.78, 5) is 21.3. The zero-order valence-electron chi connectivity index (χ0n) is 11.3. The van der Waals surface area contributed by atoms with Crippen LogP contribution in [0, 0.1) is 10.1 Å². The molecular formula is C15H13NO5. The molecule has 0 bridgehead atoms. The number of hydrogen-bond acceptors (Lipinski definition) is 4. The van der Waals surface area contributed by atoms with Crippen molar-refractivity contribution in [3.8, 4) is 11.5 Å². The number of carbonyl (C=O) groups is 1. The standard InChI is InChI=1S/C15H13NO5/c1-2-10-4-3-5-12(8-10)21-14-7-6-11(16(19)20)9-13(14)15(17)18/h3-9H,2H2,1H3,(H,17,18). The lowest BCUT2D eigenvalue weighted by molar-refractivity contribution is -0.384. The van der Waals surface area contributed by atoms with E-state index in [0.717, 1.165) is 18.1 Å². The first-order chi connectivity index (χ1) is 10.0. The summed E-state index contributed by atoms with van der Waals surface area (Å²) in [5.41, 5.74) is 0.513. The molecule has 0 unspecified atom stereocenters. The minimum atomic E-state index is -1.28. The van der Waals surface area contributed by atoms with Crippen molar-refractivity contribution >= 4 is 11.7 Å². The first-order valence-corrected chi connectivity index (χ1v) is 6.29. The molecular weight excluding hydrogens is 274 g/mol. The van der Waals surface area contributed by atoms with Crippen LogP contribution in [0.5, 0.6) is 11.5 Å². The number of non-ortho nitro benzene ring substituents is 1. The molecule has 0 heterocycles. The monoisotopic (exact) mass is 287 g/mol. The summed E-state index contributed by atoms with van der Waals surface area (Å²) in [7, 11) is 0. The van der Waals surface area contributed by atoms with Gasteiger partial charge in [0.25, 0.3) is 5.69 Å². The van der Waals surface area contributed by atoms with Crippen LogP contribution in [-0.4, -0.2) is 16.0 Å². The highest BCUT2D eigenvalue weighted by molar-refractivity contribution is 5.91. The molecule has 0 aromatic heterocycles. The van der Waals surface area contributed by atoms with Crippen LogP contribution >= 0.6 is 0 Å². The molecule has 0 radical (unpaired) electrons. The molecule has 0 saturated heterocycles. The third kappa shape index (κ3) is 3.36. The molecule has 21 heavy (non-hydrogen) atoms. The highest BCUT2D eigenvalue weighted by Gasteiger charge is 2.17. The number of nitrogens with zero attached hydrogens (tertiary/aromatic N) is 1. The van der Waals surface area contributed by atoms with Crippen molar-refractivity contribution in [2.75, 3.05) is 0 Å². The Hall–Kier alpha value is -2.89. The summed E-state index contributed by atoms with van der Waals surface area (Å²) >= 11 is 0. The highest BCUT2D eigenvalue weighted by Crippen LogP contribution is 2.29. The molecule has 0 atom stereocenters. The second-order valence-corrected chi connectivity index (χ2v) is 4.35. The minimum absolute atomic E-state index is 0.0707. The van der Waals surface area contributed by atoms with Crippen molar-refractivity contribution in [1.82, 2.24) is 0 Å². The number of ether oxygens (including phenoxy) is 1. The first kappa shape index (κ1) is 14.5. The van der Waals surface area contributed by atoms with Gasteiger partial charge in [-0.2, -0.15) is 0 Å². The van der Waals surface area contributed by atoms with Gasteiger partial charge in [-0.3, -0.25) is 10.1 Å². The van der Waals surface area contributed by atoms with Crippen molar-refractivity contribution in [3.05, 3.63) is 63.7 Å².